The number of fused-ring (bicyclic) bond motifs is 5. The normalized spacial score (nSPS) is 20.6. The van der Waals surface area contributed by atoms with Crippen LogP contribution in [0.25, 0.3) is 10.9 Å². The second-order valence-corrected chi connectivity index (χ2v) is 9.17. The average Bonchev–Trinajstić information content (AvgIpc) is 3.31. The summed E-state index contributed by atoms with van der Waals surface area (Å²) in [5.41, 5.74) is 6.62. The lowest BCUT2D eigenvalue weighted by molar-refractivity contribution is 0.141. The van der Waals surface area contributed by atoms with Crippen molar-refractivity contribution in [1.82, 2.24) is 24.3 Å². The van der Waals surface area contributed by atoms with Gasteiger partial charge in [0.15, 0.2) is 0 Å². The van der Waals surface area contributed by atoms with Crippen LogP contribution in [0.3, 0.4) is 0 Å². The highest BCUT2D eigenvalue weighted by atomic mass is 15.2. The van der Waals surface area contributed by atoms with E-state index in [-0.39, 0.29) is 13.0 Å². The largest absolute Gasteiger partial charge is 0.342 e. The van der Waals surface area contributed by atoms with Crippen LogP contribution in [0.15, 0.2) is 36.8 Å². The van der Waals surface area contributed by atoms with E-state index in [1.165, 1.54) is 48.1 Å². The Hall–Kier alpha value is -2.24. The first-order chi connectivity index (χ1) is 14.0. The molecule has 1 aromatic carbocycles. The summed E-state index contributed by atoms with van der Waals surface area (Å²) >= 11 is 0. The summed E-state index contributed by atoms with van der Waals surface area (Å²) in [6.07, 6.45) is 9.21. The summed E-state index contributed by atoms with van der Waals surface area (Å²) in [4.78, 5) is 14.0. The topological polar surface area (TPSA) is 37.2 Å². The van der Waals surface area contributed by atoms with Gasteiger partial charge >= 0.3 is 0 Å². The second kappa shape index (κ2) is 7.78. The molecule has 0 spiro atoms. The lowest BCUT2D eigenvalue weighted by atomic mass is 9.94. The van der Waals surface area contributed by atoms with Crippen molar-refractivity contribution < 1.29 is 0 Å². The molecule has 2 aliphatic heterocycles. The Morgan fingerprint density at radius 2 is 2.03 bits per heavy atom. The van der Waals surface area contributed by atoms with Crippen LogP contribution >= 0.6 is 0 Å². The number of aryl methyl sites for hydroxylation is 1. The van der Waals surface area contributed by atoms with Gasteiger partial charge in [0.05, 0.1) is 17.4 Å². The Bertz CT molecular complexity index is 1040. The first-order valence-electron chi connectivity index (χ1n) is 10.8. The number of aromatic nitrogens is 3. The number of nitrogens with zero attached hydrogens (tertiary/aromatic N) is 5. The first kappa shape index (κ1) is 21.0. The molecule has 0 amide bonds. The third-order valence-electron chi connectivity index (χ3n) is 7.27. The molecule has 1 saturated heterocycles. The van der Waals surface area contributed by atoms with E-state index in [1.54, 1.807) is 18.0 Å². The van der Waals surface area contributed by atoms with Gasteiger partial charge in [-0.25, -0.2) is 0 Å². The van der Waals surface area contributed by atoms with E-state index in [2.05, 4.69) is 70.5 Å². The van der Waals surface area contributed by atoms with Crippen molar-refractivity contribution in [1.29, 1.82) is 0 Å². The Morgan fingerprint density at radius 3 is 2.77 bits per heavy atom. The number of hydrogen-bond donors (Lipinski definition) is 0. The van der Waals surface area contributed by atoms with Gasteiger partial charge in [0.1, 0.15) is 0 Å². The smallest absolute Gasteiger partial charge is 0.0804 e. The van der Waals surface area contributed by atoms with Crippen LogP contribution < -0.4 is 0 Å². The van der Waals surface area contributed by atoms with Gasteiger partial charge in [0, 0.05) is 54.5 Å². The molecule has 5 rings (SSSR count). The highest BCUT2D eigenvalue weighted by Gasteiger charge is 2.38. The zero-order valence-corrected chi connectivity index (χ0v) is 18.0. The maximum absolute atomic E-state index is 4.69. The second-order valence-electron chi connectivity index (χ2n) is 9.17. The van der Waals surface area contributed by atoms with Crippen LogP contribution in [-0.2, 0) is 18.5 Å². The van der Waals surface area contributed by atoms with Crippen LogP contribution in [-0.4, -0.2) is 51.5 Å². The minimum Gasteiger partial charge on any atom is -0.342 e. The predicted molar refractivity (Wildman–Crippen MR) is 124 cm³/mol. The molecule has 2 aliphatic rings. The fourth-order valence-electron chi connectivity index (χ4n) is 5.38. The van der Waals surface area contributed by atoms with Gasteiger partial charge in [-0.15, -0.1) is 0 Å². The molecule has 160 valence electrons. The minimum atomic E-state index is -0.230. The van der Waals surface area contributed by atoms with Gasteiger partial charge in [0.2, 0.25) is 0 Å². The van der Waals surface area contributed by atoms with Gasteiger partial charge in [-0.3, -0.25) is 19.8 Å². The molecule has 0 N–H and O–H groups in total. The van der Waals surface area contributed by atoms with Gasteiger partial charge in [-0.05, 0) is 65.0 Å². The Morgan fingerprint density at radius 1 is 1.20 bits per heavy atom. The van der Waals surface area contributed by atoms with Crippen LogP contribution in [0.4, 0.5) is 0 Å². The predicted octanol–water partition coefficient (Wildman–Crippen LogP) is 4.55. The third-order valence-corrected chi connectivity index (χ3v) is 7.27. The van der Waals surface area contributed by atoms with E-state index in [0.29, 0.717) is 6.04 Å². The summed E-state index contributed by atoms with van der Waals surface area (Å²) < 4.78 is 2.59. The molecular formula is C25H35N5. The monoisotopic (exact) mass is 405 g/mol. The molecule has 2 unspecified atom stereocenters. The van der Waals surface area contributed by atoms with Crippen molar-refractivity contribution in [2.45, 2.75) is 58.7 Å². The number of benzene rings is 1. The van der Waals surface area contributed by atoms with E-state index in [9.17, 15) is 0 Å². The molecule has 5 heteroatoms. The van der Waals surface area contributed by atoms with Crippen molar-refractivity contribution in [3.8, 4) is 0 Å². The average molecular weight is 406 g/mol. The number of rotatable bonds is 4. The van der Waals surface area contributed by atoms with E-state index in [1.807, 2.05) is 6.20 Å². The van der Waals surface area contributed by atoms with E-state index < -0.39 is 0 Å². The van der Waals surface area contributed by atoms with Crippen molar-refractivity contribution in [3.05, 3.63) is 59.3 Å². The standard InChI is InChI=1S/C24H31N5.CH4/c1-17-7-8-19-18(14-17)23-20-6-5-12-28(20)13-9-21(23)29(19)16-24(2,27(3)4)22-15-25-10-11-26-22;/h7-8,10-11,14-15,20H,5-6,9,12-13,16H2,1-4H3;1H4. The zero-order chi connectivity index (χ0) is 20.2. The van der Waals surface area contributed by atoms with Crippen LogP contribution in [0.2, 0.25) is 0 Å². The van der Waals surface area contributed by atoms with Gasteiger partial charge in [0.25, 0.3) is 0 Å². The third kappa shape index (κ3) is 3.15. The SMILES string of the molecule is C.Cc1ccc2c(c1)c1c(n2CC(C)(c2cnccn2)N(C)C)CCN2CCCC12. The lowest BCUT2D eigenvalue weighted by Crippen LogP contribution is -2.43. The molecule has 2 aromatic heterocycles. The first-order valence-corrected chi connectivity index (χ1v) is 10.8. The van der Waals surface area contributed by atoms with Gasteiger partial charge < -0.3 is 4.57 Å². The highest BCUT2D eigenvalue weighted by Crippen LogP contribution is 2.44. The van der Waals surface area contributed by atoms with Crippen molar-refractivity contribution in [2.24, 2.45) is 0 Å². The summed E-state index contributed by atoms with van der Waals surface area (Å²) in [6, 6.07) is 7.58. The highest BCUT2D eigenvalue weighted by molar-refractivity contribution is 5.87. The maximum atomic E-state index is 4.69. The molecule has 4 heterocycles. The molecule has 0 bridgehead atoms. The lowest BCUT2D eigenvalue weighted by Gasteiger charge is -2.38. The molecule has 0 radical (unpaired) electrons. The molecule has 2 atom stereocenters. The van der Waals surface area contributed by atoms with Crippen LogP contribution in [0, 0.1) is 6.92 Å². The molecule has 0 saturated carbocycles. The Labute approximate surface area is 180 Å². The van der Waals surface area contributed by atoms with Gasteiger partial charge in [-0.2, -0.15) is 0 Å². The van der Waals surface area contributed by atoms with Crippen molar-refractivity contribution >= 4 is 10.9 Å². The number of likely N-dealkylation sites (N-methyl/N-ethyl adjacent to an activating group) is 1. The van der Waals surface area contributed by atoms with Crippen LogP contribution in [0.5, 0.6) is 0 Å². The van der Waals surface area contributed by atoms with Crippen LogP contribution in [0.1, 0.15) is 55.7 Å². The van der Waals surface area contributed by atoms with E-state index in [4.69, 9.17) is 0 Å². The summed E-state index contributed by atoms with van der Waals surface area (Å²) in [5.74, 6) is 0. The Balaban J connectivity index is 0.00000218. The van der Waals surface area contributed by atoms with Crippen molar-refractivity contribution in [2.75, 3.05) is 27.2 Å². The number of hydrogen-bond acceptors (Lipinski definition) is 4. The summed E-state index contributed by atoms with van der Waals surface area (Å²) in [7, 11) is 4.30. The Kier molecular flexibility index (Phi) is 5.45. The molecule has 5 nitrogen and oxygen atoms in total. The molecule has 3 aromatic rings. The molecule has 30 heavy (non-hydrogen) atoms. The zero-order valence-electron chi connectivity index (χ0n) is 18.0. The minimum absolute atomic E-state index is 0. The summed E-state index contributed by atoms with van der Waals surface area (Å²) in [5, 5.41) is 1.46. The fraction of sp³-hybridized carbons (Fsp3) is 0.520. The quantitative estimate of drug-likeness (QED) is 0.638. The van der Waals surface area contributed by atoms with E-state index in [0.717, 1.165) is 18.7 Å². The summed E-state index contributed by atoms with van der Waals surface area (Å²) in [6.45, 7) is 7.80. The van der Waals surface area contributed by atoms with Gasteiger partial charge in [-0.1, -0.05) is 19.1 Å². The molecular weight excluding hydrogens is 370 g/mol. The molecule has 0 aliphatic carbocycles. The van der Waals surface area contributed by atoms with Crippen molar-refractivity contribution in [3.63, 3.8) is 0 Å². The van der Waals surface area contributed by atoms with E-state index >= 15 is 0 Å². The molecule has 1 fully saturated rings. The fourth-order valence-corrected chi connectivity index (χ4v) is 5.38. The maximum Gasteiger partial charge on any atom is 0.0804 e.